The number of nitrogens with zero attached hydrogens (tertiary/aromatic N) is 1. The Morgan fingerprint density at radius 1 is 1.41 bits per heavy atom. The molecule has 1 aliphatic rings. The molecule has 1 aliphatic heterocycles. The molecule has 1 amide bonds. The minimum atomic E-state index is -0.323. The van der Waals surface area contributed by atoms with Crippen molar-refractivity contribution in [3.8, 4) is 0 Å². The molecule has 0 aromatic heterocycles. The Morgan fingerprint density at radius 2 is 2.12 bits per heavy atom. The molecule has 1 aromatic carbocycles. The van der Waals surface area contributed by atoms with Gasteiger partial charge in [0, 0.05) is 6.61 Å². The normalized spacial score (nSPS) is 20.9. The van der Waals surface area contributed by atoms with Crippen LogP contribution in [0.15, 0.2) is 35.3 Å². The highest BCUT2D eigenvalue weighted by Crippen LogP contribution is 2.20. The largest absolute Gasteiger partial charge is 0.366 e. The molecule has 1 aromatic rings. The molecule has 0 aliphatic carbocycles. The van der Waals surface area contributed by atoms with Crippen LogP contribution in [0, 0.1) is 0 Å². The first-order valence-electron chi connectivity index (χ1n) is 5.77. The van der Waals surface area contributed by atoms with Crippen molar-refractivity contribution in [2.24, 2.45) is 4.99 Å². The molecule has 2 atom stereocenters. The van der Waals surface area contributed by atoms with Gasteiger partial charge in [-0.15, -0.1) is 0 Å². The van der Waals surface area contributed by atoms with Crippen LogP contribution in [-0.4, -0.2) is 24.4 Å². The number of carbonyl (C=O) groups is 1. The number of benzene rings is 1. The highest BCUT2D eigenvalue weighted by Gasteiger charge is 2.28. The van der Waals surface area contributed by atoms with Gasteiger partial charge < -0.3 is 10.1 Å². The summed E-state index contributed by atoms with van der Waals surface area (Å²) in [6, 6.07) is 9.46. The molecule has 0 fully saturated rings. The van der Waals surface area contributed by atoms with Crippen molar-refractivity contribution < 1.29 is 9.53 Å². The van der Waals surface area contributed by atoms with E-state index < -0.39 is 0 Å². The zero-order valence-electron chi connectivity index (χ0n) is 10.0. The summed E-state index contributed by atoms with van der Waals surface area (Å²) in [5.74, 6) is 0.538. The SMILES string of the molecule is CCOC(C1=NC(C)C(=O)N1)c1ccccc1. The summed E-state index contributed by atoms with van der Waals surface area (Å²) in [6.07, 6.45) is -0.282. The third-order valence-electron chi connectivity index (χ3n) is 2.65. The molecule has 1 heterocycles. The number of hydrogen-bond acceptors (Lipinski definition) is 3. The van der Waals surface area contributed by atoms with Gasteiger partial charge >= 0.3 is 0 Å². The van der Waals surface area contributed by atoms with Crippen LogP contribution in [0.25, 0.3) is 0 Å². The van der Waals surface area contributed by atoms with E-state index in [9.17, 15) is 4.79 Å². The lowest BCUT2D eigenvalue weighted by molar-refractivity contribution is -0.119. The lowest BCUT2D eigenvalue weighted by Crippen LogP contribution is -2.32. The molecule has 0 radical (unpaired) electrons. The molecule has 0 saturated heterocycles. The van der Waals surface area contributed by atoms with Crippen molar-refractivity contribution in [1.82, 2.24) is 5.32 Å². The molecule has 2 unspecified atom stereocenters. The number of hydrogen-bond donors (Lipinski definition) is 1. The van der Waals surface area contributed by atoms with E-state index in [2.05, 4.69) is 10.3 Å². The van der Waals surface area contributed by atoms with Crippen molar-refractivity contribution in [3.05, 3.63) is 35.9 Å². The Kier molecular flexibility index (Phi) is 3.54. The van der Waals surface area contributed by atoms with Crippen LogP contribution in [0.3, 0.4) is 0 Å². The zero-order chi connectivity index (χ0) is 12.3. The molecule has 1 N–H and O–H groups in total. The number of aliphatic imine (C=N–C) groups is 1. The molecule has 17 heavy (non-hydrogen) atoms. The third-order valence-corrected chi connectivity index (χ3v) is 2.65. The van der Waals surface area contributed by atoms with Crippen LogP contribution < -0.4 is 5.32 Å². The van der Waals surface area contributed by atoms with Crippen molar-refractivity contribution >= 4 is 11.7 Å². The number of ether oxygens (including phenoxy) is 1. The first kappa shape index (κ1) is 11.8. The second-order valence-electron chi connectivity index (χ2n) is 3.93. The minimum absolute atomic E-state index is 0.0689. The van der Waals surface area contributed by atoms with Crippen LogP contribution >= 0.6 is 0 Å². The Hall–Kier alpha value is -1.68. The number of amides is 1. The molecule has 0 saturated carbocycles. The highest BCUT2D eigenvalue weighted by molar-refractivity contribution is 6.07. The van der Waals surface area contributed by atoms with Crippen molar-refractivity contribution in [2.75, 3.05) is 6.61 Å². The minimum Gasteiger partial charge on any atom is -0.366 e. The van der Waals surface area contributed by atoms with E-state index in [1.807, 2.05) is 37.3 Å². The van der Waals surface area contributed by atoms with E-state index in [-0.39, 0.29) is 18.1 Å². The predicted octanol–water partition coefficient (Wildman–Crippen LogP) is 1.68. The van der Waals surface area contributed by atoms with Gasteiger partial charge in [-0.1, -0.05) is 30.3 Å². The Morgan fingerprint density at radius 3 is 2.65 bits per heavy atom. The quantitative estimate of drug-likeness (QED) is 0.858. The first-order chi connectivity index (χ1) is 8.22. The summed E-state index contributed by atoms with van der Waals surface area (Å²) in [5.41, 5.74) is 1.00. The predicted molar refractivity (Wildman–Crippen MR) is 65.8 cm³/mol. The second-order valence-corrected chi connectivity index (χ2v) is 3.93. The van der Waals surface area contributed by atoms with Gasteiger partial charge in [0.1, 0.15) is 18.0 Å². The second kappa shape index (κ2) is 5.10. The molecule has 2 rings (SSSR count). The summed E-state index contributed by atoms with van der Waals surface area (Å²) >= 11 is 0. The molecule has 4 nitrogen and oxygen atoms in total. The average molecular weight is 232 g/mol. The summed E-state index contributed by atoms with van der Waals surface area (Å²) in [5, 5.41) is 2.77. The van der Waals surface area contributed by atoms with E-state index in [0.717, 1.165) is 5.56 Å². The van der Waals surface area contributed by atoms with Gasteiger partial charge in [0.2, 0.25) is 5.91 Å². The maximum atomic E-state index is 11.4. The van der Waals surface area contributed by atoms with Gasteiger partial charge in [-0.05, 0) is 19.4 Å². The van der Waals surface area contributed by atoms with Crippen molar-refractivity contribution in [2.45, 2.75) is 26.0 Å². The van der Waals surface area contributed by atoms with E-state index >= 15 is 0 Å². The smallest absolute Gasteiger partial charge is 0.249 e. The molecular weight excluding hydrogens is 216 g/mol. The highest BCUT2D eigenvalue weighted by atomic mass is 16.5. The fraction of sp³-hybridized carbons (Fsp3) is 0.385. The number of amidine groups is 1. The Labute approximate surface area is 101 Å². The molecule has 0 bridgehead atoms. The van der Waals surface area contributed by atoms with Gasteiger partial charge in [0.15, 0.2) is 0 Å². The van der Waals surface area contributed by atoms with Crippen LogP contribution in [0.1, 0.15) is 25.5 Å². The number of carbonyl (C=O) groups excluding carboxylic acids is 1. The van der Waals surface area contributed by atoms with Crippen LogP contribution in [0.4, 0.5) is 0 Å². The first-order valence-corrected chi connectivity index (χ1v) is 5.77. The van der Waals surface area contributed by atoms with Gasteiger partial charge in [-0.25, -0.2) is 0 Å². The standard InChI is InChI=1S/C13H16N2O2/c1-3-17-11(10-7-5-4-6-8-10)12-14-9(2)13(16)15-12/h4-9,11H,3H2,1-2H3,(H,14,15,16). The summed E-state index contributed by atoms with van der Waals surface area (Å²) in [4.78, 5) is 15.7. The molecule has 0 spiro atoms. The van der Waals surface area contributed by atoms with Gasteiger partial charge in [-0.3, -0.25) is 9.79 Å². The molecular formula is C13H16N2O2. The van der Waals surface area contributed by atoms with Gasteiger partial charge in [0.25, 0.3) is 0 Å². The van der Waals surface area contributed by atoms with Crippen molar-refractivity contribution in [1.29, 1.82) is 0 Å². The topological polar surface area (TPSA) is 50.7 Å². The van der Waals surface area contributed by atoms with Crippen LogP contribution in [0.2, 0.25) is 0 Å². The fourth-order valence-corrected chi connectivity index (χ4v) is 1.79. The number of rotatable bonds is 4. The number of nitrogens with one attached hydrogen (secondary N) is 1. The summed E-state index contributed by atoms with van der Waals surface area (Å²) in [7, 11) is 0. The van der Waals surface area contributed by atoms with E-state index in [0.29, 0.717) is 12.4 Å². The van der Waals surface area contributed by atoms with Crippen LogP contribution in [0.5, 0.6) is 0 Å². The average Bonchev–Trinajstić information content (AvgIpc) is 2.67. The molecule has 4 heteroatoms. The zero-order valence-corrected chi connectivity index (χ0v) is 10.0. The maximum Gasteiger partial charge on any atom is 0.249 e. The van der Waals surface area contributed by atoms with Crippen LogP contribution in [-0.2, 0) is 9.53 Å². The van der Waals surface area contributed by atoms with Gasteiger partial charge in [-0.2, -0.15) is 0 Å². The lowest BCUT2D eigenvalue weighted by Gasteiger charge is -2.17. The third kappa shape index (κ3) is 2.53. The van der Waals surface area contributed by atoms with E-state index in [1.165, 1.54) is 0 Å². The van der Waals surface area contributed by atoms with E-state index in [1.54, 1.807) is 6.92 Å². The molecule has 90 valence electrons. The summed E-state index contributed by atoms with van der Waals surface area (Å²) in [6.45, 7) is 4.27. The van der Waals surface area contributed by atoms with Gasteiger partial charge in [0.05, 0.1) is 0 Å². The summed E-state index contributed by atoms with van der Waals surface area (Å²) < 4.78 is 5.66. The van der Waals surface area contributed by atoms with Crippen molar-refractivity contribution in [3.63, 3.8) is 0 Å². The maximum absolute atomic E-state index is 11.4. The Balaban J connectivity index is 2.25. The van der Waals surface area contributed by atoms with E-state index in [4.69, 9.17) is 4.74 Å². The lowest BCUT2D eigenvalue weighted by atomic mass is 10.1. The fourth-order valence-electron chi connectivity index (χ4n) is 1.79. The monoisotopic (exact) mass is 232 g/mol. The Bertz CT molecular complexity index is 428.